The average Bonchev–Trinajstić information content (AvgIpc) is 3.24. The summed E-state index contributed by atoms with van der Waals surface area (Å²) in [5.41, 5.74) is 0.945. The van der Waals surface area contributed by atoms with E-state index in [1.54, 1.807) is 18.2 Å². The summed E-state index contributed by atoms with van der Waals surface area (Å²) in [4.78, 5) is 53.3. The molecule has 4 fully saturated rings. The van der Waals surface area contributed by atoms with Crippen molar-refractivity contribution < 1.29 is 29.0 Å². The molecule has 8 nitrogen and oxygen atoms in total. The third kappa shape index (κ3) is 3.10. The zero-order valence-corrected chi connectivity index (χ0v) is 22.8. The smallest absolute Gasteiger partial charge is 0.253 e. The summed E-state index contributed by atoms with van der Waals surface area (Å²) >= 11 is 14.3. The monoisotopic (exact) mass is 560 g/mol. The predicted molar refractivity (Wildman–Crippen MR) is 139 cm³/mol. The highest BCUT2D eigenvalue weighted by atomic mass is 35.5. The number of hydrogen-bond donors (Lipinski definition) is 1. The molecule has 6 atom stereocenters. The van der Waals surface area contributed by atoms with E-state index in [0.717, 1.165) is 37.0 Å². The first-order valence-electron chi connectivity index (χ1n) is 13.2. The summed E-state index contributed by atoms with van der Waals surface area (Å²) in [6.45, 7) is 0. The molecule has 2 aliphatic heterocycles. The van der Waals surface area contributed by atoms with Crippen molar-refractivity contribution in [2.24, 2.45) is 17.8 Å². The lowest BCUT2D eigenvalue weighted by Gasteiger charge is -2.50. The minimum Gasteiger partial charge on any atom is -0.504 e. The molecular formula is C28H30Cl2N2O6. The summed E-state index contributed by atoms with van der Waals surface area (Å²) in [6, 6.07) is 4.76. The molecule has 5 aliphatic rings. The first kappa shape index (κ1) is 25.7. The van der Waals surface area contributed by atoms with Gasteiger partial charge < -0.3 is 9.84 Å². The topological polar surface area (TPSA) is 104 Å². The number of aromatic hydroxyl groups is 1. The Morgan fingerprint density at radius 1 is 1.00 bits per heavy atom. The predicted octanol–water partition coefficient (Wildman–Crippen LogP) is 3.72. The van der Waals surface area contributed by atoms with Crippen LogP contribution in [0.25, 0.3) is 0 Å². The molecule has 2 saturated heterocycles. The highest BCUT2D eigenvalue weighted by Gasteiger charge is 2.76. The Morgan fingerprint density at radius 2 is 1.71 bits per heavy atom. The van der Waals surface area contributed by atoms with E-state index < -0.39 is 45.2 Å². The second kappa shape index (κ2) is 8.71. The van der Waals surface area contributed by atoms with Gasteiger partial charge in [0.2, 0.25) is 11.8 Å². The van der Waals surface area contributed by atoms with Crippen molar-refractivity contribution in [3.05, 3.63) is 35.4 Å². The second-order valence-corrected chi connectivity index (χ2v) is 12.5. The number of para-hydroxylation sites is 1. The Hall–Kier alpha value is -2.58. The molecule has 2 heterocycles. The van der Waals surface area contributed by atoms with Crippen molar-refractivity contribution in [2.75, 3.05) is 14.2 Å². The fourth-order valence-electron chi connectivity index (χ4n) is 7.75. The molecule has 0 spiro atoms. The summed E-state index contributed by atoms with van der Waals surface area (Å²) in [5, 5.41) is 11.2. The minimum atomic E-state index is -1.94. The van der Waals surface area contributed by atoms with Crippen LogP contribution in [0.15, 0.2) is 29.8 Å². The highest BCUT2D eigenvalue weighted by molar-refractivity contribution is 6.53. The van der Waals surface area contributed by atoms with Crippen LogP contribution in [-0.4, -0.2) is 68.5 Å². The lowest BCUT2D eigenvalue weighted by atomic mass is 9.56. The van der Waals surface area contributed by atoms with E-state index in [2.05, 4.69) is 0 Å². The fraction of sp³-hybridized carbons (Fsp3) is 0.571. The molecule has 1 aromatic carbocycles. The summed E-state index contributed by atoms with van der Waals surface area (Å²) in [5.74, 6) is -4.60. The number of carbonyl (C=O) groups is 4. The van der Waals surface area contributed by atoms with Crippen LogP contribution in [0.2, 0.25) is 0 Å². The Bertz CT molecular complexity index is 1290. The molecule has 38 heavy (non-hydrogen) atoms. The number of fused-ring (bicyclic) bond motifs is 4. The Kier molecular flexibility index (Phi) is 5.89. The molecule has 0 unspecified atom stereocenters. The van der Waals surface area contributed by atoms with Crippen molar-refractivity contribution in [1.29, 1.82) is 0 Å². The first-order chi connectivity index (χ1) is 18.1. The van der Waals surface area contributed by atoms with Gasteiger partial charge in [-0.2, -0.15) is 0 Å². The number of nitrogens with zero attached hydrogens (tertiary/aromatic N) is 2. The number of phenols is 1. The summed E-state index contributed by atoms with van der Waals surface area (Å²) in [6.07, 6.45) is 6.77. The van der Waals surface area contributed by atoms with Crippen LogP contribution < -0.4 is 4.74 Å². The van der Waals surface area contributed by atoms with Crippen molar-refractivity contribution in [1.82, 2.24) is 9.80 Å². The van der Waals surface area contributed by atoms with Crippen molar-refractivity contribution in [3.8, 4) is 11.5 Å². The number of ether oxygens (including phenoxy) is 1. The second-order valence-electron chi connectivity index (χ2n) is 11.2. The van der Waals surface area contributed by atoms with Gasteiger partial charge in [-0.3, -0.25) is 29.0 Å². The molecule has 3 aliphatic carbocycles. The third-order valence-electron chi connectivity index (χ3n) is 9.55. The molecule has 0 radical (unpaired) electrons. The lowest BCUT2D eigenvalue weighted by molar-refractivity contribution is -0.144. The van der Waals surface area contributed by atoms with E-state index >= 15 is 0 Å². The quantitative estimate of drug-likeness (QED) is 0.343. The van der Waals surface area contributed by atoms with Gasteiger partial charge in [0.25, 0.3) is 11.8 Å². The lowest BCUT2D eigenvalue weighted by Crippen LogP contribution is -2.60. The largest absolute Gasteiger partial charge is 0.504 e. The van der Waals surface area contributed by atoms with Crippen molar-refractivity contribution >= 4 is 46.8 Å². The van der Waals surface area contributed by atoms with Crippen LogP contribution in [0, 0.1) is 17.8 Å². The molecule has 10 heteroatoms. The van der Waals surface area contributed by atoms with Gasteiger partial charge >= 0.3 is 0 Å². The number of likely N-dealkylation sites (tertiary alicyclic amines) is 2. The van der Waals surface area contributed by atoms with Crippen LogP contribution in [-0.2, 0) is 19.2 Å². The first-order valence-corrected chi connectivity index (χ1v) is 14.0. The van der Waals surface area contributed by atoms with E-state index in [1.807, 2.05) is 6.08 Å². The van der Waals surface area contributed by atoms with Gasteiger partial charge in [0.1, 0.15) is 0 Å². The van der Waals surface area contributed by atoms with Gasteiger partial charge in [-0.1, -0.05) is 43.0 Å². The summed E-state index contributed by atoms with van der Waals surface area (Å²) in [7, 11) is 2.76. The normalized spacial score (nSPS) is 37.2. The number of carbonyl (C=O) groups excluding carboxylic acids is 4. The SMILES string of the molecule is COc1cccc([C@H]2C3=CC[C@@H]4C(=O)N(C5CCCCC5)C(=O)[C@@H]4[C@@H]3C[C@@]3(Cl)C(=O)N(C)C(=O)[C@@]23Cl)c1O. The zero-order valence-electron chi connectivity index (χ0n) is 21.3. The summed E-state index contributed by atoms with van der Waals surface area (Å²) < 4.78 is 5.32. The zero-order chi connectivity index (χ0) is 27.1. The molecular weight excluding hydrogens is 531 g/mol. The molecule has 6 rings (SSSR count). The number of allylic oxidation sites excluding steroid dienone is 2. The van der Waals surface area contributed by atoms with E-state index in [9.17, 15) is 24.3 Å². The van der Waals surface area contributed by atoms with Crippen molar-refractivity contribution in [2.45, 2.75) is 66.7 Å². The van der Waals surface area contributed by atoms with Gasteiger partial charge in [-0.25, -0.2) is 0 Å². The maximum atomic E-state index is 14.0. The van der Waals surface area contributed by atoms with Gasteiger partial charge in [0.05, 0.1) is 18.9 Å². The minimum absolute atomic E-state index is 0.0568. The number of imide groups is 2. The molecule has 4 amide bonds. The Labute approximate surface area is 230 Å². The van der Waals surface area contributed by atoms with Crippen LogP contribution in [0.4, 0.5) is 0 Å². The van der Waals surface area contributed by atoms with Gasteiger partial charge in [0.15, 0.2) is 21.2 Å². The number of halogens is 2. The maximum Gasteiger partial charge on any atom is 0.253 e. The Morgan fingerprint density at radius 3 is 2.39 bits per heavy atom. The molecule has 0 aromatic heterocycles. The fourth-order valence-corrected chi connectivity index (χ4v) is 8.76. The van der Waals surface area contributed by atoms with E-state index in [4.69, 9.17) is 27.9 Å². The van der Waals surface area contributed by atoms with Crippen LogP contribution in [0.3, 0.4) is 0 Å². The van der Waals surface area contributed by atoms with E-state index in [-0.39, 0.29) is 41.3 Å². The van der Waals surface area contributed by atoms with Gasteiger partial charge in [0, 0.05) is 24.6 Å². The third-order valence-corrected chi connectivity index (χ3v) is 11.0. The Balaban J connectivity index is 1.51. The van der Waals surface area contributed by atoms with Crippen LogP contribution >= 0.6 is 23.2 Å². The molecule has 202 valence electrons. The number of hydrogen-bond acceptors (Lipinski definition) is 6. The number of phenolic OH excluding ortho intramolecular Hbond substituents is 1. The molecule has 2 saturated carbocycles. The number of rotatable bonds is 3. The van der Waals surface area contributed by atoms with E-state index in [1.165, 1.54) is 19.1 Å². The van der Waals surface area contributed by atoms with Gasteiger partial charge in [-0.05, 0) is 37.7 Å². The molecule has 1 N–H and O–H groups in total. The standard InChI is InChI=1S/C28H30Cl2N2O6/c1-31-25(36)27(29)13-18-15(21(28(27,30)26(31)37)17-9-6-10-19(38-2)22(17)33)11-12-16-20(18)24(35)32(23(16)34)14-7-4-3-5-8-14/h6,9-11,14,16,18,20-21,33H,3-5,7-8,12-13H2,1-2H3/t16-,18+,20-,21+,27+,28-/m0/s1. The number of alkyl halides is 2. The number of amides is 4. The molecule has 1 aromatic rings. The van der Waals surface area contributed by atoms with E-state index in [0.29, 0.717) is 12.0 Å². The molecule has 0 bridgehead atoms. The van der Waals surface area contributed by atoms with Crippen LogP contribution in [0.5, 0.6) is 11.5 Å². The number of benzene rings is 1. The van der Waals surface area contributed by atoms with Gasteiger partial charge in [-0.15, -0.1) is 23.2 Å². The van der Waals surface area contributed by atoms with Crippen LogP contribution in [0.1, 0.15) is 56.4 Å². The van der Waals surface area contributed by atoms with Crippen molar-refractivity contribution in [3.63, 3.8) is 0 Å². The average molecular weight is 561 g/mol. The number of methoxy groups -OCH3 is 1. The highest BCUT2D eigenvalue weighted by Crippen LogP contribution is 2.66. The maximum absolute atomic E-state index is 14.0.